The first kappa shape index (κ1) is 23.5. The van der Waals surface area contributed by atoms with E-state index >= 15 is 0 Å². The number of esters is 1. The Kier molecular flexibility index (Phi) is 6.94. The second kappa shape index (κ2) is 10.1. The van der Waals surface area contributed by atoms with Gasteiger partial charge in [0.25, 0.3) is 5.56 Å². The molecule has 0 bridgehead atoms. The Morgan fingerprint density at radius 2 is 1.76 bits per heavy atom. The maximum Gasteiger partial charge on any atom is 0.333 e. The molecule has 174 valence electrons. The molecule has 2 N–H and O–H groups in total. The highest BCUT2D eigenvalue weighted by molar-refractivity contribution is 8.01. The third-order valence-corrected chi connectivity index (χ3v) is 7.23. The molecule has 0 radical (unpaired) electrons. The molecule has 0 saturated heterocycles. The van der Waals surface area contributed by atoms with Crippen LogP contribution < -0.4 is 17.0 Å². The summed E-state index contributed by atoms with van der Waals surface area (Å²) in [5, 5.41) is 0. The minimum Gasteiger partial charge on any atom is -0.468 e. The number of hydrogen-bond acceptors (Lipinski definition) is 9. The van der Waals surface area contributed by atoms with Crippen LogP contribution in [0.2, 0.25) is 0 Å². The molecule has 11 heteroatoms. The number of ketones is 1. The first-order chi connectivity index (χ1) is 16.4. The van der Waals surface area contributed by atoms with Crippen LogP contribution in [0.5, 0.6) is 0 Å². The minimum absolute atomic E-state index is 0.0260. The Bertz CT molecular complexity index is 1460. The summed E-state index contributed by atoms with van der Waals surface area (Å²) in [5.74, 6) is -1.71. The number of para-hydroxylation sites is 1. The number of carbonyl (C=O) groups excluding carboxylic acids is 2. The molecule has 0 amide bonds. The summed E-state index contributed by atoms with van der Waals surface area (Å²) in [6.07, 6.45) is 0. The average molecular weight is 497 g/mol. The van der Waals surface area contributed by atoms with Gasteiger partial charge in [0, 0.05) is 0 Å². The van der Waals surface area contributed by atoms with E-state index in [0.717, 1.165) is 27.5 Å². The summed E-state index contributed by atoms with van der Waals surface area (Å²) in [4.78, 5) is 55.6. The van der Waals surface area contributed by atoms with Crippen LogP contribution >= 0.6 is 23.1 Å². The van der Waals surface area contributed by atoms with Gasteiger partial charge in [-0.15, -0.1) is 11.3 Å². The van der Waals surface area contributed by atoms with Crippen molar-refractivity contribution in [1.82, 2.24) is 14.1 Å². The van der Waals surface area contributed by atoms with E-state index in [1.807, 2.05) is 30.3 Å². The Morgan fingerprint density at radius 3 is 2.47 bits per heavy atom. The Hall–Kier alpha value is -3.70. The average Bonchev–Trinajstić information content (AvgIpc) is 3.27. The molecule has 4 rings (SSSR count). The molecule has 2 aromatic heterocycles. The van der Waals surface area contributed by atoms with Crippen LogP contribution in [0.4, 0.5) is 5.82 Å². The van der Waals surface area contributed by atoms with Gasteiger partial charge in [0.2, 0.25) is 0 Å². The molecule has 9 nitrogen and oxygen atoms in total. The number of methoxy groups -OCH3 is 1. The third kappa shape index (κ3) is 4.80. The van der Waals surface area contributed by atoms with Crippen LogP contribution in [0.3, 0.4) is 0 Å². The number of thioether (sulfide) groups is 1. The molecule has 0 atom stereocenters. The predicted molar refractivity (Wildman–Crippen MR) is 132 cm³/mol. The maximum absolute atomic E-state index is 13.1. The van der Waals surface area contributed by atoms with Crippen molar-refractivity contribution >= 4 is 50.9 Å². The van der Waals surface area contributed by atoms with Gasteiger partial charge in [0.05, 0.1) is 29.6 Å². The van der Waals surface area contributed by atoms with E-state index in [4.69, 9.17) is 5.73 Å². The van der Waals surface area contributed by atoms with Crippen molar-refractivity contribution in [2.75, 3.05) is 18.6 Å². The molecular weight excluding hydrogens is 476 g/mol. The topological polar surface area (TPSA) is 126 Å². The van der Waals surface area contributed by atoms with Gasteiger partial charge in [-0.25, -0.2) is 14.3 Å². The van der Waals surface area contributed by atoms with Gasteiger partial charge in [-0.3, -0.25) is 19.0 Å². The summed E-state index contributed by atoms with van der Waals surface area (Å²) >= 11 is 2.61. The Labute approximate surface area is 201 Å². The predicted octanol–water partition coefficient (Wildman–Crippen LogP) is 2.40. The molecular formula is C23H20N4O5S2. The number of nitrogens with two attached hydrogens (primary N) is 1. The number of ether oxygens (including phenoxy) is 1. The summed E-state index contributed by atoms with van der Waals surface area (Å²) < 4.78 is 8.06. The molecule has 0 aliphatic rings. The largest absolute Gasteiger partial charge is 0.468 e. The van der Waals surface area contributed by atoms with Crippen molar-refractivity contribution in [1.29, 1.82) is 0 Å². The van der Waals surface area contributed by atoms with E-state index in [1.54, 1.807) is 24.3 Å². The smallest absolute Gasteiger partial charge is 0.333 e. The van der Waals surface area contributed by atoms with E-state index in [1.165, 1.54) is 23.1 Å². The third-order valence-electron chi connectivity index (χ3n) is 5.05. The second-order valence-corrected chi connectivity index (χ2v) is 9.49. The number of nitrogens with zero attached hydrogens (tertiary/aromatic N) is 3. The molecule has 0 fully saturated rings. The van der Waals surface area contributed by atoms with E-state index < -0.39 is 29.5 Å². The number of hydrogen-bond donors (Lipinski definition) is 1. The van der Waals surface area contributed by atoms with Crippen molar-refractivity contribution in [3.05, 3.63) is 86.6 Å². The SMILES string of the molecule is COC(=O)Cn1c(=O)c(C(=O)CSc2nc3ccccc3s2)c(N)n(Cc2ccccc2)c1=O. The number of anilines is 1. The zero-order valence-corrected chi connectivity index (χ0v) is 19.7. The van der Waals surface area contributed by atoms with Crippen LogP contribution in [0.25, 0.3) is 10.2 Å². The molecule has 0 spiro atoms. The number of fused-ring (bicyclic) bond motifs is 1. The van der Waals surface area contributed by atoms with Crippen molar-refractivity contribution in [2.24, 2.45) is 0 Å². The van der Waals surface area contributed by atoms with Crippen molar-refractivity contribution < 1.29 is 14.3 Å². The molecule has 0 unspecified atom stereocenters. The molecule has 2 heterocycles. The summed E-state index contributed by atoms with van der Waals surface area (Å²) in [6.45, 7) is -0.604. The lowest BCUT2D eigenvalue weighted by Crippen LogP contribution is -2.45. The minimum atomic E-state index is -0.924. The fourth-order valence-corrected chi connectivity index (χ4v) is 5.28. The molecule has 34 heavy (non-hydrogen) atoms. The normalized spacial score (nSPS) is 11.0. The zero-order chi connectivity index (χ0) is 24.2. The Morgan fingerprint density at radius 1 is 1.06 bits per heavy atom. The number of benzene rings is 2. The highest BCUT2D eigenvalue weighted by Crippen LogP contribution is 2.29. The van der Waals surface area contributed by atoms with Crippen LogP contribution in [-0.2, 0) is 22.6 Å². The highest BCUT2D eigenvalue weighted by Gasteiger charge is 2.24. The van der Waals surface area contributed by atoms with E-state index in [0.29, 0.717) is 8.91 Å². The second-order valence-electron chi connectivity index (χ2n) is 7.24. The van der Waals surface area contributed by atoms with Gasteiger partial charge < -0.3 is 10.5 Å². The van der Waals surface area contributed by atoms with Crippen LogP contribution in [0.15, 0.2) is 68.5 Å². The monoisotopic (exact) mass is 496 g/mol. The van der Waals surface area contributed by atoms with Crippen LogP contribution in [-0.4, -0.2) is 38.7 Å². The first-order valence-corrected chi connectivity index (χ1v) is 11.9. The first-order valence-electron chi connectivity index (χ1n) is 10.1. The van der Waals surface area contributed by atoms with Gasteiger partial charge in [-0.2, -0.15) is 0 Å². The standard InChI is InChI=1S/C23H20N4O5S2/c1-32-18(29)12-27-21(30)19(20(24)26(23(27)31)11-14-7-3-2-4-8-14)16(28)13-33-22-25-15-9-5-6-10-17(15)34-22/h2-10H,11-13,24H2,1H3. The van der Waals surface area contributed by atoms with Crippen molar-refractivity contribution in [3.63, 3.8) is 0 Å². The number of nitrogen functional groups attached to an aromatic ring is 1. The highest BCUT2D eigenvalue weighted by atomic mass is 32.2. The lowest BCUT2D eigenvalue weighted by molar-refractivity contribution is -0.141. The zero-order valence-electron chi connectivity index (χ0n) is 18.1. The van der Waals surface area contributed by atoms with E-state index in [9.17, 15) is 19.2 Å². The van der Waals surface area contributed by atoms with Crippen molar-refractivity contribution in [3.8, 4) is 0 Å². The fraction of sp³-hybridized carbons (Fsp3) is 0.174. The molecule has 0 saturated carbocycles. The maximum atomic E-state index is 13.1. The van der Waals surface area contributed by atoms with Gasteiger partial charge in [0.1, 0.15) is 17.9 Å². The number of rotatable bonds is 8. The molecule has 0 aliphatic heterocycles. The molecule has 0 aliphatic carbocycles. The van der Waals surface area contributed by atoms with Gasteiger partial charge in [0.15, 0.2) is 10.1 Å². The van der Waals surface area contributed by atoms with E-state index in [-0.39, 0.29) is 23.7 Å². The number of thiazole rings is 1. The van der Waals surface area contributed by atoms with E-state index in [2.05, 4.69) is 9.72 Å². The molecule has 2 aromatic carbocycles. The summed E-state index contributed by atoms with van der Waals surface area (Å²) in [5.41, 5.74) is 5.68. The van der Waals surface area contributed by atoms with Crippen molar-refractivity contribution in [2.45, 2.75) is 17.4 Å². The molecule has 4 aromatic rings. The van der Waals surface area contributed by atoms with Gasteiger partial charge in [-0.1, -0.05) is 54.2 Å². The number of aromatic nitrogens is 3. The lowest BCUT2D eigenvalue weighted by Gasteiger charge is -2.16. The summed E-state index contributed by atoms with van der Waals surface area (Å²) in [7, 11) is 1.15. The quantitative estimate of drug-likeness (QED) is 0.224. The number of Topliss-reactive ketones (excluding diaryl/α,β-unsaturated/α-hetero) is 1. The fourth-order valence-electron chi connectivity index (χ4n) is 3.34. The number of carbonyl (C=O) groups is 2. The van der Waals surface area contributed by atoms with Gasteiger partial charge in [-0.05, 0) is 17.7 Å². The van der Waals surface area contributed by atoms with Crippen LogP contribution in [0, 0.1) is 0 Å². The Balaban J connectivity index is 1.71. The lowest BCUT2D eigenvalue weighted by atomic mass is 10.2. The summed E-state index contributed by atoms with van der Waals surface area (Å²) in [6, 6.07) is 16.6. The van der Waals surface area contributed by atoms with Crippen LogP contribution in [0.1, 0.15) is 15.9 Å². The van der Waals surface area contributed by atoms with Gasteiger partial charge >= 0.3 is 11.7 Å².